The van der Waals surface area contributed by atoms with Gasteiger partial charge in [0.1, 0.15) is 0 Å². The van der Waals surface area contributed by atoms with Crippen molar-refractivity contribution in [2.24, 2.45) is 0 Å². The molecular weight excluding hydrogens is 226 g/mol. The first-order valence-electron chi connectivity index (χ1n) is 6.51. The molecular formula is C14H21N3O. The van der Waals surface area contributed by atoms with Crippen LogP contribution in [-0.4, -0.2) is 43.5 Å². The maximum atomic E-state index is 11.8. The first-order valence-corrected chi connectivity index (χ1v) is 6.51. The Balaban J connectivity index is 1.69. The molecule has 0 atom stereocenters. The zero-order chi connectivity index (χ0) is 12.8. The first kappa shape index (κ1) is 12.9. The van der Waals surface area contributed by atoms with E-state index in [0.29, 0.717) is 12.6 Å². The fourth-order valence-electron chi connectivity index (χ4n) is 2.17. The van der Waals surface area contributed by atoms with Gasteiger partial charge in [-0.25, -0.2) is 0 Å². The Hall–Kier alpha value is -1.55. The van der Waals surface area contributed by atoms with E-state index in [9.17, 15) is 4.79 Å². The second-order valence-corrected chi connectivity index (χ2v) is 4.86. The van der Waals surface area contributed by atoms with Gasteiger partial charge in [0.25, 0.3) is 0 Å². The summed E-state index contributed by atoms with van der Waals surface area (Å²) in [5.41, 5.74) is 0.982. The Bertz CT molecular complexity index is 372. The lowest BCUT2D eigenvalue weighted by molar-refractivity contribution is -0.120. The highest BCUT2D eigenvalue weighted by molar-refractivity contribution is 5.80. The van der Waals surface area contributed by atoms with E-state index in [4.69, 9.17) is 0 Å². The summed E-state index contributed by atoms with van der Waals surface area (Å²) in [4.78, 5) is 14.1. The normalized spacial score (nSPS) is 17.4. The lowest BCUT2D eigenvalue weighted by Crippen LogP contribution is -2.45. The van der Waals surface area contributed by atoms with Crippen LogP contribution in [0.5, 0.6) is 0 Å². The number of anilines is 1. The SMILES string of the molecule is CN1CCC(NC(=O)CNc2ccccc2)CC1. The van der Waals surface area contributed by atoms with Gasteiger partial charge in [-0.3, -0.25) is 4.79 Å². The van der Waals surface area contributed by atoms with Crippen LogP contribution >= 0.6 is 0 Å². The molecule has 1 aliphatic rings. The molecule has 1 amide bonds. The molecule has 0 aromatic heterocycles. The van der Waals surface area contributed by atoms with Crippen LogP contribution < -0.4 is 10.6 Å². The minimum absolute atomic E-state index is 0.0772. The summed E-state index contributed by atoms with van der Waals surface area (Å²) in [6, 6.07) is 10.1. The molecule has 4 heteroatoms. The highest BCUT2D eigenvalue weighted by atomic mass is 16.1. The summed E-state index contributed by atoms with van der Waals surface area (Å²) in [6.45, 7) is 2.48. The zero-order valence-electron chi connectivity index (χ0n) is 10.9. The van der Waals surface area contributed by atoms with Crippen LogP contribution in [0.25, 0.3) is 0 Å². The summed E-state index contributed by atoms with van der Waals surface area (Å²) < 4.78 is 0. The number of para-hydroxylation sites is 1. The van der Waals surface area contributed by atoms with E-state index in [1.807, 2.05) is 30.3 Å². The predicted octanol–water partition coefficient (Wildman–Crippen LogP) is 1.31. The van der Waals surface area contributed by atoms with E-state index in [2.05, 4.69) is 22.6 Å². The van der Waals surface area contributed by atoms with Gasteiger partial charge in [-0.05, 0) is 45.1 Å². The average molecular weight is 247 g/mol. The lowest BCUT2D eigenvalue weighted by Gasteiger charge is -2.29. The van der Waals surface area contributed by atoms with Gasteiger partial charge < -0.3 is 15.5 Å². The molecule has 0 spiro atoms. The molecule has 2 N–H and O–H groups in total. The Kier molecular flexibility index (Phi) is 4.59. The summed E-state index contributed by atoms with van der Waals surface area (Å²) in [6.07, 6.45) is 2.10. The lowest BCUT2D eigenvalue weighted by atomic mass is 10.1. The third kappa shape index (κ3) is 4.04. The van der Waals surface area contributed by atoms with E-state index in [-0.39, 0.29) is 5.91 Å². The molecule has 1 fully saturated rings. The van der Waals surface area contributed by atoms with Crippen molar-refractivity contribution in [3.8, 4) is 0 Å². The van der Waals surface area contributed by atoms with Gasteiger partial charge in [-0.15, -0.1) is 0 Å². The number of piperidine rings is 1. The summed E-state index contributed by atoms with van der Waals surface area (Å²) in [7, 11) is 2.12. The standard InChI is InChI=1S/C14H21N3O/c1-17-9-7-13(8-10-17)16-14(18)11-15-12-5-3-2-4-6-12/h2-6,13,15H,7-11H2,1H3,(H,16,18). The van der Waals surface area contributed by atoms with Gasteiger partial charge in [0.15, 0.2) is 0 Å². The van der Waals surface area contributed by atoms with Crippen molar-refractivity contribution in [3.63, 3.8) is 0 Å². The van der Waals surface area contributed by atoms with Crippen LogP contribution in [0.3, 0.4) is 0 Å². The van der Waals surface area contributed by atoms with Crippen molar-refractivity contribution < 1.29 is 4.79 Å². The molecule has 0 saturated carbocycles. The summed E-state index contributed by atoms with van der Waals surface area (Å²) in [5.74, 6) is 0.0772. The van der Waals surface area contributed by atoms with Crippen molar-refractivity contribution in [2.45, 2.75) is 18.9 Å². The molecule has 2 rings (SSSR count). The number of carbonyl (C=O) groups is 1. The van der Waals surface area contributed by atoms with E-state index >= 15 is 0 Å². The summed E-state index contributed by atoms with van der Waals surface area (Å²) in [5, 5.41) is 6.20. The molecule has 98 valence electrons. The van der Waals surface area contributed by atoms with Crippen molar-refractivity contribution in [3.05, 3.63) is 30.3 Å². The van der Waals surface area contributed by atoms with Crippen molar-refractivity contribution >= 4 is 11.6 Å². The number of hydrogen-bond donors (Lipinski definition) is 2. The van der Waals surface area contributed by atoms with Crippen LogP contribution in [-0.2, 0) is 4.79 Å². The van der Waals surface area contributed by atoms with Gasteiger partial charge in [0.2, 0.25) is 5.91 Å². The number of amides is 1. The average Bonchev–Trinajstić information content (AvgIpc) is 2.40. The zero-order valence-corrected chi connectivity index (χ0v) is 10.9. The van der Waals surface area contributed by atoms with Crippen LogP contribution in [0, 0.1) is 0 Å². The number of likely N-dealkylation sites (tertiary alicyclic amines) is 1. The van der Waals surface area contributed by atoms with Gasteiger partial charge in [0.05, 0.1) is 6.54 Å². The number of rotatable bonds is 4. The van der Waals surface area contributed by atoms with Crippen LogP contribution in [0.4, 0.5) is 5.69 Å². The molecule has 18 heavy (non-hydrogen) atoms. The molecule has 0 unspecified atom stereocenters. The van der Waals surface area contributed by atoms with Gasteiger partial charge in [0, 0.05) is 11.7 Å². The smallest absolute Gasteiger partial charge is 0.239 e. The predicted molar refractivity (Wildman–Crippen MR) is 73.6 cm³/mol. The fraction of sp³-hybridized carbons (Fsp3) is 0.500. The van der Waals surface area contributed by atoms with Gasteiger partial charge >= 0.3 is 0 Å². The molecule has 1 heterocycles. The number of nitrogens with one attached hydrogen (secondary N) is 2. The van der Waals surface area contributed by atoms with E-state index in [1.54, 1.807) is 0 Å². The van der Waals surface area contributed by atoms with Crippen LogP contribution in [0.15, 0.2) is 30.3 Å². The van der Waals surface area contributed by atoms with Gasteiger partial charge in [-0.1, -0.05) is 18.2 Å². The highest BCUT2D eigenvalue weighted by Crippen LogP contribution is 2.08. The number of hydrogen-bond acceptors (Lipinski definition) is 3. The van der Waals surface area contributed by atoms with E-state index < -0.39 is 0 Å². The Morgan fingerprint density at radius 1 is 1.28 bits per heavy atom. The topological polar surface area (TPSA) is 44.4 Å². The third-order valence-electron chi connectivity index (χ3n) is 3.31. The fourth-order valence-corrected chi connectivity index (χ4v) is 2.17. The molecule has 0 aliphatic carbocycles. The molecule has 1 aliphatic heterocycles. The van der Waals surface area contributed by atoms with Crippen molar-refractivity contribution in [1.82, 2.24) is 10.2 Å². The Morgan fingerprint density at radius 2 is 1.94 bits per heavy atom. The Labute approximate surface area is 108 Å². The van der Waals surface area contributed by atoms with Crippen LogP contribution in [0.2, 0.25) is 0 Å². The minimum atomic E-state index is 0.0772. The second kappa shape index (κ2) is 6.40. The molecule has 1 aromatic rings. The molecule has 1 aromatic carbocycles. The maximum absolute atomic E-state index is 11.8. The molecule has 0 bridgehead atoms. The van der Waals surface area contributed by atoms with E-state index in [0.717, 1.165) is 31.6 Å². The van der Waals surface area contributed by atoms with Gasteiger partial charge in [-0.2, -0.15) is 0 Å². The minimum Gasteiger partial charge on any atom is -0.376 e. The highest BCUT2D eigenvalue weighted by Gasteiger charge is 2.17. The van der Waals surface area contributed by atoms with E-state index in [1.165, 1.54) is 0 Å². The molecule has 1 saturated heterocycles. The first-order chi connectivity index (χ1) is 8.74. The second-order valence-electron chi connectivity index (χ2n) is 4.86. The van der Waals surface area contributed by atoms with Crippen molar-refractivity contribution in [1.29, 1.82) is 0 Å². The number of benzene rings is 1. The third-order valence-corrected chi connectivity index (χ3v) is 3.31. The molecule has 0 radical (unpaired) electrons. The Morgan fingerprint density at radius 3 is 2.61 bits per heavy atom. The maximum Gasteiger partial charge on any atom is 0.239 e. The summed E-state index contributed by atoms with van der Waals surface area (Å²) >= 11 is 0. The quantitative estimate of drug-likeness (QED) is 0.843. The van der Waals surface area contributed by atoms with Crippen LogP contribution in [0.1, 0.15) is 12.8 Å². The largest absolute Gasteiger partial charge is 0.376 e. The molecule has 4 nitrogen and oxygen atoms in total. The monoisotopic (exact) mass is 247 g/mol. The number of carbonyl (C=O) groups excluding carboxylic acids is 1. The number of nitrogens with zero attached hydrogens (tertiary/aromatic N) is 1. The van der Waals surface area contributed by atoms with Crippen molar-refractivity contribution in [2.75, 3.05) is 32.0 Å².